The van der Waals surface area contributed by atoms with Crippen LogP contribution < -0.4 is 0 Å². The Labute approximate surface area is 117 Å². The minimum Gasteiger partial charge on any atom is -0.264 e. The Morgan fingerprint density at radius 2 is 2.00 bits per heavy atom. The summed E-state index contributed by atoms with van der Waals surface area (Å²) in [5.41, 5.74) is 4.72. The number of tetrazole rings is 1. The number of hydrogen-bond acceptors (Lipinski definition) is 4. The molecule has 0 aliphatic rings. The number of hydrogen-bond donors (Lipinski definition) is 1. The van der Waals surface area contributed by atoms with Gasteiger partial charge in [0.25, 0.3) is 0 Å². The van der Waals surface area contributed by atoms with E-state index in [1.807, 2.05) is 12.3 Å². The smallest absolute Gasteiger partial charge is 0.204 e. The van der Waals surface area contributed by atoms with Crippen molar-refractivity contribution in [3.8, 4) is 11.4 Å². The molecule has 3 aromatic rings. The highest BCUT2D eigenvalue weighted by Gasteiger charge is 2.05. The van der Waals surface area contributed by atoms with E-state index < -0.39 is 0 Å². The van der Waals surface area contributed by atoms with Crippen LogP contribution in [0.2, 0.25) is 0 Å². The Morgan fingerprint density at radius 3 is 2.75 bits per heavy atom. The summed E-state index contributed by atoms with van der Waals surface area (Å²) in [7, 11) is 0. The molecule has 20 heavy (non-hydrogen) atoms. The fourth-order valence-corrected chi connectivity index (χ4v) is 2.25. The van der Waals surface area contributed by atoms with Gasteiger partial charge in [0.05, 0.1) is 0 Å². The molecule has 0 bridgehead atoms. The van der Waals surface area contributed by atoms with E-state index in [4.69, 9.17) is 0 Å². The topological polar surface area (TPSA) is 67.3 Å². The molecule has 5 nitrogen and oxygen atoms in total. The molecule has 0 aliphatic heterocycles. The predicted octanol–water partition coefficient (Wildman–Crippen LogP) is 2.36. The molecular weight excluding hydrogens is 250 g/mol. The Hall–Kier alpha value is -2.56. The van der Waals surface area contributed by atoms with Crippen molar-refractivity contribution in [3.05, 3.63) is 59.4 Å². The average molecular weight is 265 g/mol. The molecule has 1 N–H and O–H groups in total. The third-order valence-electron chi connectivity index (χ3n) is 3.17. The third kappa shape index (κ3) is 2.88. The average Bonchev–Trinajstić information content (AvgIpc) is 3.00. The number of pyridine rings is 1. The number of aryl methyl sites for hydroxylation is 3. The number of nitrogens with one attached hydrogen (secondary N) is 1. The summed E-state index contributed by atoms with van der Waals surface area (Å²) in [6.07, 6.45) is 5.65. The molecule has 0 aliphatic carbocycles. The van der Waals surface area contributed by atoms with Gasteiger partial charge in [-0.3, -0.25) is 4.98 Å². The number of aromatic nitrogens is 5. The lowest BCUT2D eigenvalue weighted by molar-refractivity contribution is 0.881. The van der Waals surface area contributed by atoms with Gasteiger partial charge < -0.3 is 0 Å². The minimum absolute atomic E-state index is 0.635. The zero-order valence-electron chi connectivity index (χ0n) is 11.2. The number of rotatable bonds is 4. The highest BCUT2D eigenvalue weighted by Crippen LogP contribution is 2.19. The molecule has 2 aromatic heterocycles. The highest BCUT2D eigenvalue weighted by molar-refractivity contribution is 5.56. The lowest BCUT2D eigenvalue weighted by Gasteiger charge is -2.05. The summed E-state index contributed by atoms with van der Waals surface area (Å²) in [5.74, 6) is 0.635. The van der Waals surface area contributed by atoms with Gasteiger partial charge in [0.15, 0.2) is 0 Å². The summed E-state index contributed by atoms with van der Waals surface area (Å²) in [6, 6.07) is 10.5. The van der Waals surface area contributed by atoms with Crippen LogP contribution in [-0.4, -0.2) is 25.6 Å². The molecule has 0 amide bonds. The maximum Gasteiger partial charge on any atom is 0.204 e. The first-order valence-electron chi connectivity index (χ1n) is 6.54. The van der Waals surface area contributed by atoms with Crippen molar-refractivity contribution < 1.29 is 0 Å². The molecule has 0 fully saturated rings. The van der Waals surface area contributed by atoms with Crippen LogP contribution >= 0.6 is 0 Å². The van der Waals surface area contributed by atoms with Crippen LogP contribution in [0, 0.1) is 6.92 Å². The number of aromatic amines is 1. The summed E-state index contributed by atoms with van der Waals surface area (Å²) >= 11 is 0. The molecule has 100 valence electrons. The molecule has 0 radical (unpaired) electrons. The van der Waals surface area contributed by atoms with E-state index in [1.165, 1.54) is 16.7 Å². The molecule has 0 saturated carbocycles. The summed E-state index contributed by atoms with van der Waals surface area (Å²) in [5, 5.41) is 14.2. The molecular formula is C15H15N5. The largest absolute Gasteiger partial charge is 0.264 e. The lowest BCUT2D eigenvalue weighted by Crippen LogP contribution is -1.94. The lowest BCUT2D eigenvalue weighted by atomic mass is 10.0. The van der Waals surface area contributed by atoms with Gasteiger partial charge in [-0.25, -0.2) is 0 Å². The zero-order chi connectivity index (χ0) is 13.8. The Morgan fingerprint density at radius 1 is 1.10 bits per heavy atom. The SMILES string of the molecule is Cc1cc(CCc2cccnc2)cc(-c2nn[nH]n2)c1. The second-order valence-electron chi connectivity index (χ2n) is 4.80. The van der Waals surface area contributed by atoms with Crippen molar-refractivity contribution >= 4 is 0 Å². The molecule has 0 saturated heterocycles. The van der Waals surface area contributed by atoms with Gasteiger partial charge in [-0.15, -0.1) is 10.2 Å². The van der Waals surface area contributed by atoms with Crippen LogP contribution in [0.25, 0.3) is 11.4 Å². The van der Waals surface area contributed by atoms with Crippen LogP contribution in [0.3, 0.4) is 0 Å². The molecule has 1 aromatic carbocycles. The minimum atomic E-state index is 0.635. The molecule has 5 heteroatoms. The molecule has 0 unspecified atom stereocenters. The number of H-pyrrole nitrogens is 1. The third-order valence-corrected chi connectivity index (χ3v) is 3.17. The van der Waals surface area contributed by atoms with Crippen molar-refractivity contribution in [3.63, 3.8) is 0 Å². The van der Waals surface area contributed by atoms with Crippen LogP contribution in [-0.2, 0) is 12.8 Å². The van der Waals surface area contributed by atoms with E-state index in [2.05, 4.69) is 56.8 Å². The van der Waals surface area contributed by atoms with Gasteiger partial charge in [0.2, 0.25) is 5.82 Å². The van der Waals surface area contributed by atoms with E-state index in [9.17, 15) is 0 Å². The zero-order valence-corrected chi connectivity index (χ0v) is 11.2. The van der Waals surface area contributed by atoms with Crippen molar-refractivity contribution in [2.45, 2.75) is 19.8 Å². The molecule has 3 rings (SSSR count). The maximum absolute atomic E-state index is 4.14. The first kappa shape index (κ1) is 12.5. The van der Waals surface area contributed by atoms with Crippen LogP contribution in [0.4, 0.5) is 0 Å². The molecule has 0 atom stereocenters. The second kappa shape index (κ2) is 5.61. The Bertz CT molecular complexity index is 677. The van der Waals surface area contributed by atoms with E-state index >= 15 is 0 Å². The molecule has 0 spiro atoms. The van der Waals surface area contributed by atoms with Gasteiger partial charge in [-0.05, 0) is 54.3 Å². The summed E-state index contributed by atoms with van der Waals surface area (Å²) in [4.78, 5) is 4.14. The van der Waals surface area contributed by atoms with Crippen molar-refractivity contribution in [1.82, 2.24) is 25.6 Å². The van der Waals surface area contributed by atoms with Gasteiger partial charge >= 0.3 is 0 Å². The van der Waals surface area contributed by atoms with Crippen molar-refractivity contribution in [2.75, 3.05) is 0 Å². The summed E-state index contributed by atoms with van der Waals surface area (Å²) in [6.45, 7) is 2.08. The fourth-order valence-electron chi connectivity index (χ4n) is 2.25. The highest BCUT2D eigenvalue weighted by atomic mass is 15.5. The Kier molecular flexibility index (Phi) is 3.50. The van der Waals surface area contributed by atoms with E-state index in [0.29, 0.717) is 5.82 Å². The monoisotopic (exact) mass is 265 g/mol. The standard InChI is InChI=1S/C15H15N5/c1-11-7-13(5-4-12-3-2-6-16-10-12)9-14(8-11)15-17-19-20-18-15/h2-3,6-10H,4-5H2,1H3,(H,17,18,19,20). The predicted molar refractivity (Wildman–Crippen MR) is 76.0 cm³/mol. The normalized spacial score (nSPS) is 10.7. The van der Waals surface area contributed by atoms with E-state index in [1.54, 1.807) is 6.20 Å². The first-order valence-corrected chi connectivity index (χ1v) is 6.54. The van der Waals surface area contributed by atoms with E-state index in [-0.39, 0.29) is 0 Å². The first-order chi connectivity index (χ1) is 9.81. The van der Waals surface area contributed by atoms with Gasteiger partial charge in [-0.1, -0.05) is 17.7 Å². The van der Waals surface area contributed by atoms with Crippen molar-refractivity contribution in [1.29, 1.82) is 0 Å². The second-order valence-corrected chi connectivity index (χ2v) is 4.80. The van der Waals surface area contributed by atoms with Crippen LogP contribution in [0.1, 0.15) is 16.7 Å². The van der Waals surface area contributed by atoms with Gasteiger partial charge in [0.1, 0.15) is 0 Å². The van der Waals surface area contributed by atoms with Crippen LogP contribution in [0.15, 0.2) is 42.7 Å². The summed E-state index contributed by atoms with van der Waals surface area (Å²) < 4.78 is 0. The van der Waals surface area contributed by atoms with Crippen LogP contribution in [0.5, 0.6) is 0 Å². The fraction of sp³-hybridized carbons (Fsp3) is 0.200. The Balaban J connectivity index is 1.80. The van der Waals surface area contributed by atoms with Crippen molar-refractivity contribution in [2.24, 2.45) is 0 Å². The van der Waals surface area contributed by atoms with Gasteiger partial charge in [0, 0.05) is 18.0 Å². The molecule has 2 heterocycles. The number of benzene rings is 1. The number of nitrogens with zero attached hydrogens (tertiary/aromatic N) is 4. The van der Waals surface area contributed by atoms with Gasteiger partial charge in [-0.2, -0.15) is 5.21 Å². The quantitative estimate of drug-likeness (QED) is 0.786. The maximum atomic E-state index is 4.14. The van der Waals surface area contributed by atoms with E-state index in [0.717, 1.165) is 18.4 Å².